The van der Waals surface area contributed by atoms with Crippen molar-refractivity contribution in [1.29, 1.82) is 0 Å². The van der Waals surface area contributed by atoms with Crippen molar-refractivity contribution >= 4 is 17.5 Å². The predicted octanol–water partition coefficient (Wildman–Crippen LogP) is 0.523. The lowest BCUT2D eigenvalue weighted by Gasteiger charge is -2.31. The van der Waals surface area contributed by atoms with E-state index < -0.39 is 0 Å². The fraction of sp³-hybridized carbons (Fsp3) is 0.417. The number of carbonyl (C=O) groups is 1. The normalized spacial score (nSPS) is 17.4. The lowest BCUT2D eigenvalue weighted by molar-refractivity contribution is -0.121. The third-order valence-electron chi connectivity index (χ3n) is 3.48. The first-order chi connectivity index (χ1) is 8.75. The molecule has 0 aliphatic carbocycles. The van der Waals surface area contributed by atoms with Crippen molar-refractivity contribution in [3.05, 3.63) is 24.4 Å². The maximum absolute atomic E-state index is 12.1. The van der Waals surface area contributed by atoms with Crippen LogP contribution in [0, 0.1) is 11.8 Å². The second-order valence-electron chi connectivity index (χ2n) is 4.65. The van der Waals surface area contributed by atoms with E-state index in [9.17, 15) is 4.79 Å². The molecule has 3 rings (SSSR count). The summed E-state index contributed by atoms with van der Waals surface area (Å²) in [7, 11) is 0. The first-order valence-corrected chi connectivity index (χ1v) is 6.07. The highest BCUT2D eigenvalue weighted by atomic mass is 16.2. The van der Waals surface area contributed by atoms with E-state index in [1.165, 1.54) is 0 Å². The zero-order chi connectivity index (χ0) is 12.5. The Labute approximate surface area is 104 Å². The fourth-order valence-corrected chi connectivity index (χ4v) is 2.03. The Kier molecular flexibility index (Phi) is 2.71. The maximum Gasteiger partial charge on any atom is 0.235 e. The van der Waals surface area contributed by atoms with E-state index in [1.54, 1.807) is 4.40 Å². The SMILES string of the molecule is CC(C(=O)Nc1nnc2ccccn12)C1CNC1. The third kappa shape index (κ3) is 1.84. The monoisotopic (exact) mass is 245 g/mol. The first-order valence-electron chi connectivity index (χ1n) is 6.07. The van der Waals surface area contributed by atoms with E-state index in [2.05, 4.69) is 20.8 Å². The van der Waals surface area contributed by atoms with Crippen molar-refractivity contribution in [1.82, 2.24) is 19.9 Å². The van der Waals surface area contributed by atoms with Crippen molar-refractivity contribution in [2.24, 2.45) is 11.8 Å². The largest absolute Gasteiger partial charge is 0.316 e. The van der Waals surface area contributed by atoms with Gasteiger partial charge in [0.1, 0.15) is 0 Å². The minimum atomic E-state index is -0.0117. The molecule has 1 unspecified atom stereocenters. The summed E-state index contributed by atoms with van der Waals surface area (Å²) < 4.78 is 1.77. The Hall–Kier alpha value is -1.95. The molecule has 0 bridgehead atoms. The molecule has 3 heterocycles. The van der Waals surface area contributed by atoms with Crippen molar-refractivity contribution in [3.63, 3.8) is 0 Å². The number of carbonyl (C=O) groups excluding carboxylic acids is 1. The molecule has 2 aromatic rings. The topological polar surface area (TPSA) is 71.3 Å². The highest BCUT2D eigenvalue weighted by molar-refractivity contribution is 5.91. The zero-order valence-corrected chi connectivity index (χ0v) is 10.1. The molecule has 1 aliphatic rings. The smallest absolute Gasteiger partial charge is 0.235 e. The van der Waals surface area contributed by atoms with Crippen molar-refractivity contribution < 1.29 is 4.79 Å². The Morgan fingerprint density at radius 3 is 3.06 bits per heavy atom. The molecule has 6 nitrogen and oxygen atoms in total. The van der Waals surface area contributed by atoms with Gasteiger partial charge in [-0.1, -0.05) is 13.0 Å². The zero-order valence-electron chi connectivity index (χ0n) is 10.1. The molecule has 94 valence electrons. The minimum Gasteiger partial charge on any atom is -0.316 e. The summed E-state index contributed by atoms with van der Waals surface area (Å²) in [5.41, 5.74) is 0.728. The maximum atomic E-state index is 12.1. The molecule has 1 aliphatic heterocycles. The molecule has 1 saturated heterocycles. The number of nitrogens with zero attached hydrogens (tertiary/aromatic N) is 3. The van der Waals surface area contributed by atoms with E-state index >= 15 is 0 Å². The number of pyridine rings is 1. The van der Waals surface area contributed by atoms with Crippen LogP contribution in [0.3, 0.4) is 0 Å². The molecule has 1 atom stereocenters. The molecular weight excluding hydrogens is 230 g/mol. The molecule has 1 fully saturated rings. The van der Waals surface area contributed by atoms with Gasteiger partial charge in [0.25, 0.3) is 0 Å². The van der Waals surface area contributed by atoms with E-state index in [4.69, 9.17) is 0 Å². The summed E-state index contributed by atoms with van der Waals surface area (Å²) in [5.74, 6) is 0.890. The summed E-state index contributed by atoms with van der Waals surface area (Å²) >= 11 is 0. The van der Waals surface area contributed by atoms with Crippen LogP contribution in [0.2, 0.25) is 0 Å². The van der Waals surface area contributed by atoms with Crippen LogP contribution < -0.4 is 10.6 Å². The molecule has 2 N–H and O–H groups in total. The van der Waals surface area contributed by atoms with Crippen LogP contribution in [0.15, 0.2) is 24.4 Å². The van der Waals surface area contributed by atoms with Crippen LogP contribution in [-0.4, -0.2) is 33.6 Å². The van der Waals surface area contributed by atoms with Crippen LogP contribution >= 0.6 is 0 Å². The van der Waals surface area contributed by atoms with Gasteiger partial charge >= 0.3 is 0 Å². The lowest BCUT2D eigenvalue weighted by atomic mass is 9.88. The number of anilines is 1. The average molecular weight is 245 g/mol. The molecule has 0 aromatic carbocycles. The molecule has 18 heavy (non-hydrogen) atoms. The van der Waals surface area contributed by atoms with Gasteiger partial charge < -0.3 is 5.32 Å². The van der Waals surface area contributed by atoms with Crippen molar-refractivity contribution in [2.75, 3.05) is 18.4 Å². The second kappa shape index (κ2) is 4.38. The number of hydrogen-bond acceptors (Lipinski definition) is 4. The summed E-state index contributed by atoms with van der Waals surface area (Å²) in [6.45, 7) is 3.77. The summed E-state index contributed by atoms with van der Waals surface area (Å²) in [6, 6.07) is 5.62. The number of aromatic nitrogens is 3. The summed E-state index contributed by atoms with van der Waals surface area (Å²) in [4.78, 5) is 12.1. The standard InChI is InChI=1S/C12H15N5O/c1-8(9-6-13-7-9)11(18)14-12-16-15-10-4-2-3-5-17(10)12/h2-5,8-9,13H,6-7H2,1H3,(H,14,16,18). The first kappa shape index (κ1) is 11.2. The van der Waals surface area contributed by atoms with Gasteiger partial charge in [0.15, 0.2) is 5.65 Å². The lowest BCUT2D eigenvalue weighted by Crippen LogP contribution is -2.48. The van der Waals surface area contributed by atoms with E-state index in [0.29, 0.717) is 11.9 Å². The second-order valence-corrected chi connectivity index (χ2v) is 4.65. The number of amides is 1. The van der Waals surface area contributed by atoms with Crippen LogP contribution in [0.1, 0.15) is 6.92 Å². The van der Waals surface area contributed by atoms with Gasteiger partial charge in [-0.25, -0.2) is 0 Å². The Morgan fingerprint density at radius 2 is 2.33 bits per heavy atom. The number of nitrogens with one attached hydrogen (secondary N) is 2. The molecule has 2 aromatic heterocycles. The predicted molar refractivity (Wildman–Crippen MR) is 67.1 cm³/mol. The number of rotatable bonds is 3. The fourth-order valence-electron chi connectivity index (χ4n) is 2.03. The number of fused-ring (bicyclic) bond motifs is 1. The van der Waals surface area contributed by atoms with Gasteiger partial charge in [-0.2, -0.15) is 0 Å². The summed E-state index contributed by atoms with van der Waals surface area (Å²) in [5, 5.41) is 14.0. The highest BCUT2D eigenvalue weighted by Crippen LogP contribution is 2.18. The average Bonchev–Trinajstić information content (AvgIpc) is 2.70. The van der Waals surface area contributed by atoms with Gasteiger partial charge in [-0.3, -0.25) is 14.5 Å². The van der Waals surface area contributed by atoms with Crippen molar-refractivity contribution in [2.45, 2.75) is 6.92 Å². The molecule has 0 saturated carbocycles. The number of hydrogen-bond donors (Lipinski definition) is 2. The quantitative estimate of drug-likeness (QED) is 0.827. The Balaban J connectivity index is 1.77. The highest BCUT2D eigenvalue weighted by Gasteiger charge is 2.29. The van der Waals surface area contributed by atoms with Crippen LogP contribution in [0.4, 0.5) is 5.95 Å². The van der Waals surface area contributed by atoms with Gasteiger partial charge in [0.2, 0.25) is 11.9 Å². The van der Waals surface area contributed by atoms with Crippen LogP contribution in [-0.2, 0) is 4.79 Å². The van der Waals surface area contributed by atoms with Gasteiger partial charge in [-0.15, -0.1) is 10.2 Å². The van der Waals surface area contributed by atoms with Crippen molar-refractivity contribution in [3.8, 4) is 0 Å². The van der Waals surface area contributed by atoms with Gasteiger partial charge in [0, 0.05) is 12.1 Å². The van der Waals surface area contributed by atoms with E-state index in [-0.39, 0.29) is 11.8 Å². The molecule has 1 amide bonds. The Bertz CT molecular complexity index is 575. The van der Waals surface area contributed by atoms with Gasteiger partial charge in [-0.05, 0) is 31.1 Å². The minimum absolute atomic E-state index is 0.000321. The van der Waals surface area contributed by atoms with E-state index in [0.717, 1.165) is 18.7 Å². The van der Waals surface area contributed by atoms with Crippen LogP contribution in [0.5, 0.6) is 0 Å². The molecule has 6 heteroatoms. The third-order valence-corrected chi connectivity index (χ3v) is 3.48. The molecular formula is C12H15N5O. The van der Waals surface area contributed by atoms with Crippen LogP contribution in [0.25, 0.3) is 5.65 Å². The Morgan fingerprint density at radius 1 is 1.50 bits per heavy atom. The van der Waals surface area contributed by atoms with Gasteiger partial charge in [0.05, 0.1) is 0 Å². The van der Waals surface area contributed by atoms with E-state index in [1.807, 2.05) is 31.3 Å². The summed E-state index contributed by atoms with van der Waals surface area (Å²) in [6.07, 6.45) is 1.83. The molecule has 0 radical (unpaired) electrons. The molecule has 0 spiro atoms.